The van der Waals surface area contributed by atoms with Gasteiger partial charge >= 0.3 is 0 Å². The second-order valence-electron chi connectivity index (χ2n) is 2.60. The molecular formula is C9H7FN2O2. The second-order valence-corrected chi connectivity index (χ2v) is 2.60. The van der Waals surface area contributed by atoms with Crippen molar-refractivity contribution in [2.75, 3.05) is 7.11 Å². The van der Waals surface area contributed by atoms with Gasteiger partial charge in [-0.1, -0.05) is 5.16 Å². The van der Waals surface area contributed by atoms with Gasteiger partial charge in [0.25, 0.3) is 0 Å². The molecule has 14 heavy (non-hydrogen) atoms. The van der Waals surface area contributed by atoms with Crippen LogP contribution in [0.2, 0.25) is 0 Å². The van der Waals surface area contributed by atoms with Crippen LogP contribution in [0.1, 0.15) is 0 Å². The number of hydrogen-bond donors (Lipinski definition) is 0. The van der Waals surface area contributed by atoms with Crippen LogP contribution in [-0.2, 0) is 0 Å². The zero-order chi connectivity index (χ0) is 9.97. The highest BCUT2D eigenvalue weighted by Crippen LogP contribution is 2.23. The van der Waals surface area contributed by atoms with Crippen molar-refractivity contribution in [3.05, 3.63) is 30.4 Å². The lowest BCUT2D eigenvalue weighted by Gasteiger charge is -2.02. The summed E-state index contributed by atoms with van der Waals surface area (Å²) in [5.74, 6) is 0.148. The monoisotopic (exact) mass is 194 g/mol. The van der Waals surface area contributed by atoms with Gasteiger partial charge in [0.15, 0.2) is 11.6 Å². The average Bonchev–Trinajstić information content (AvgIpc) is 2.71. The van der Waals surface area contributed by atoms with Crippen molar-refractivity contribution in [3.8, 4) is 17.1 Å². The smallest absolute Gasteiger partial charge is 0.214 e. The lowest BCUT2D eigenvalue weighted by molar-refractivity contribution is 0.386. The summed E-state index contributed by atoms with van der Waals surface area (Å²) >= 11 is 0. The van der Waals surface area contributed by atoms with Crippen molar-refractivity contribution in [3.63, 3.8) is 0 Å². The molecular weight excluding hydrogens is 187 g/mol. The van der Waals surface area contributed by atoms with Gasteiger partial charge in [0.1, 0.15) is 0 Å². The van der Waals surface area contributed by atoms with Crippen molar-refractivity contribution in [2.45, 2.75) is 0 Å². The largest absolute Gasteiger partial charge is 0.494 e. The molecule has 1 heterocycles. The summed E-state index contributed by atoms with van der Waals surface area (Å²) in [5, 5.41) is 3.63. The van der Waals surface area contributed by atoms with E-state index in [9.17, 15) is 4.39 Å². The van der Waals surface area contributed by atoms with E-state index in [2.05, 4.69) is 14.7 Å². The number of ether oxygens (including phenoxy) is 1. The highest BCUT2D eigenvalue weighted by molar-refractivity contribution is 5.56. The van der Waals surface area contributed by atoms with E-state index in [0.29, 0.717) is 11.4 Å². The molecule has 0 bridgehead atoms. The maximum Gasteiger partial charge on any atom is 0.214 e. The van der Waals surface area contributed by atoms with E-state index in [1.165, 1.54) is 25.6 Å². The fraction of sp³-hybridized carbons (Fsp3) is 0.111. The molecule has 5 heteroatoms. The van der Waals surface area contributed by atoms with E-state index in [0.717, 1.165) is 0 Å². The van der Waals surface area contributed by atoms with Gasteiger partial charge in [0.05, 0.1) is 7.11 Å². The van der Waals surface area contributed by atoms with E-state index in [1.54, 1.807) is 6.07 Å². The van der Waals surface area contributed by atoms with Gasteiger partial charge in [0.2, 0.25) is 12.2 Å². The quantitative estimate of drug-likeness (QED) is 0.732. The maximum absolute atomic E-state index is 13.0. The summed E-state index contributed by atoms with van der Waals surface area (Å²) in [6.45, 7) is 0. The van der Waals surface area contributed by atoms with Crippen LogP contribution in [0.5, 0.6) is 5.75 Å². The van der Waals surface area contributed by atoms with Gasteiger partial charge in [-0.3, -0.25) is 0 Å². The molecule has 1 aromatic heterocycles. The molecule has 0 atom stereocenters. The van der Waals surface area contributed by atoms with E-state index in [1.807, 2.05) is 0 Å². The van der Waals surface area contributed by atoms with E-state index >= 15 is 0 Å². The minimum Gasteiger partial charge on any atom is -0.494 e. The molecule has 2 rings (SSSR count). The highest BCUT2D eigenvalue weighted by atomic mass is 19.1. The number of aromatic nitrogens is 2. The van der Waals surface area contributed by atoms with Crippen molar-refractivity contribution >= 4 is 0 Å². The Bertz CT molecular complexity index is 428. The minimum absolute atomic E-state index is 0.160. The molecule has 0 spiro atoms. The first kappa shape index (κ1) is 8.68. The molecule has 1 aromatic carbocycles. The number of rotatable bonds is 2. The summed E-state index contributed by atoms with van der Waals surface area (Å²) in [7, 11) is 1.40. The van der Waals surface area contributed by atoms with Gasteiger partial charge in [-0.15, -0.1) is 0 Å². The minimum atomic E-state index is -0.417. The molecule has 2 aromatic rings. The van der Waals surface area contributed by atoms with Crippen molar-refractivity contribution in [1.29, 1.82) is 0 Å². The summed E-state index contributed by atoms with van der Waals surface area (Å²) in [4.78, 5) is 3.84. The molecule has 0 aliphatic rings. The molecule has 0 amide bonds. The maximum atomic E-state index is 13.0. The zero-order valence-corrected chi connectivity index (χ0v) is 7.40. The summed E-state index contributed by atoms with van der Waals surface area (Å²) in [6.07, 6.45) is 1.21. The van der Waals surface area contributed by atoms with Gasteiger partial charge in [-0.2, -0.15) is 4.98 Å². The Morgan fingerprint density at radius 2 is 2.29 bits per heavy atom. The van der Waals surface area contributed by atoms with Crippen LogP contribution >= 0.6 is 0 Å². The van der Waals surface area contributed by atoms with Gasteiger partial charge < -0.3 is 9.26 Å². The predicted molar refractivity (Wildman–Crippen MR) is 46.2 cm³/mol. The summed E-state index contributed by atoms with van der Waals surface area (Å²) < 4.78 is 22.4. The molecule has 4 nitrogen and oxygen atoms in total. The standard InChI is InChI=1S/C9H7FN2O2/c1-13-8-4-6(2-3-7(8)10)9-11-5-14-12-9/h2-5H,1H3. The first-order valence-electron chi connectivity index (χ1n) is 3.91. The Hall–Kier alpha value is -1.91. The first-order valence-corrected chi connectivity index (χ1v) is 3.91. The lowest BCUT2D eigenvalue weighted by Crippen LogP contribution is -1.89. The third kappa shape index (κ3) is 1.44. The number of methoxy groups -OCH3 is 1. The molecule has 0 aliphatic carbocycles. The molecule has 0 radical (unpaired) electrons. The molecule has 0 aliphatic heterocycles. The molecule has 72 valence electrons. The highest BCUT2D eigenvalue weighted by Gasteiger charge is 2.07. The lowest BCUT2D eigenvalue weighted by atomic mass is 10.2. The van der Waals surface area contributed by atoms with E-state index in [-0.39, 0.29) is 5.75 Å². The predicted octanol–water partition coefficient (Wildman–Crippen LogP) is 1.88. The van der Waals surface area contributed by atoms with Crippen molar-refractivity contribution in [1.82, 2.24) is 10.1 Å². The summed E-state index contributed by atoms with van der Waals surface area (Å²) in [5.41, 5.74) is 0.650. The fourth-order valence-corrected chi connectivity index (χ4v) is 1.10. The Balaban J connectivity index is 2.46. The third-order valence-electron chi connectivity index (χ3n) is 1.77. The molecule has 0 saturated carbocycles. The van der Waals surface area contributed by atoms with Crippen LogP contribution < -0.4 is 4.74 Å². The van der Waals surface area contributed by atoms with Crippen LogP contribution in [0.25, 0.3) is 11.4 Å². The van der Waals surface area contributed by atoms with E-state index < -0.39 is 5.82 Å². The molecule has 0 N–H and O–H groups in total. The average molecular weight is 194 g/mol. The Morgan fingerprint density at radius 3 is 2.93 bits per heavy atom. The molecule has 0 saturated heterocycles. The third-order valence-corrected chi connectivity index (χ3v) is 1.77. The van der Waals surface area contributed by atoms with Crippen LogP contribution in [-0.4, -0.2) is 17.3 Å². The van der Waals surface area contributed by atoms with Crippen LogP contribution in [0.15, 0.2) is 29.1 Å². The van der Waals surface area contributed by atoms with Crippen molar-refractivity contribution in [2.24, 2.45) is 0 Å². The second kappa shape index (κ2) is 3.45. The Kier molecular flexibility index (Phi) is 2.14. The number of hydrogen-bond acceptors (Lipinski definition) is 4. The first-order chi connectivity index (χ1) is 6.81. The number of benzene rings is 1. The zero-order valence-electron chi connectivity index (χ0n) is 7.40. The normalized spacial score (nSPS) is 10.1. The Labute approximate surface area is 79.3 Å². The Morgan fingerprint density at radius 1 is 1.43 bits per heavy atom. The van der Waals surface area contributed by atoms with Gasteiger partial charge in [0, 0.05) is 5.56 Å². The van der Waals surface area contributed by atoms with Crippen LogP contribution in [0.3, 0.4) is 0 Å². The van der Waals surface area contributed by atoms with Crippen LogP contribution in [0.4, 0.5) is 4.39 Å². The molecule has 0 unspecified atom stereocenters. The van der Waals surface area contributed by atoms with Gasteiger partial charge in [-0.25, -0.2) is 4.39 Å². The topological polar surface area (TPSA) is 48.2 Å². The fourth-order valence-electron chi connectivity index (χ4n) is 1.10. The SMILES string of the molecule is COc1cc(-c2ncon2)ccc1F. The van der Waals surface area contributed by atoms with Gasteiger partial charge in [-0.05, 0) is 18.2 Å². The number of halogens is 1. The van der Waals surface area contributed by atoms with E-state index in [4.69, 9.17) is 4.74 Å². The van der Waals surface area contributed by atoms with Crippen LogP contribution in [0, 0.1) is 5.82 Å². The molecule has 0 fully saturated rings. The summed E-state index contributed by atoms with van der Waals surface area (Å²) in [6, 6.07) is 4.37. The number of nitrogens with zero attached hydrogens (tertiary/aromatic N) is 2. The van der Waals surface area contributed by atoms with Crippen molar-refractivity contribution < 1.29 is 13.7 Å².